The van der Waals surface area contributed by atoms with E-state index < -0.39 is 6.67 Å². The number of halogens is 2. The minimum absolute atomic E-state index is 0.196. The van der Waals surface area contributed by atoms with Gasteiger partial charge in [0, 0.05) is 18.7 Å². The third kappa shape index (κ3) is 3.89. The number of hydrogen-bond donors (Lipinski definition) is 0. The van der Waals surface area contributed by atoms with Crippen molar-refractivity contribution >= 4 is 11.6 Å². The molecule has 0 fully saturated rings. The predicted molar refractivity (Wildman–Crippen MR) is 86.0 cm³/mol. The quantitative estimate of drug-likeness (QED) is 0.802. The van der Waals surface area contributed by atoms with Crippen LogP contribution in [-0.4, -0.2) is 30.8 Å². The second-order valence-electron chi connectivity index (χ2n) is 6.59. The van der Waals surface area contributed by atoms with Crippen molar-refractivity contribution in [3.05, 3.63) is 28.3 Å². The zero-order valence-electron chi connectivity index (χ0n) is 13.3. The third-order valence-corrected chi connectivity index (χ3v) is 4.18. The van der Waals surface area contributed by atoms with Crippen molar-refractivity contribution in [1.29, 1.82) is 0 Å². The van der Waals surface area contributed by atoms with Crippen molar-refractivity contribution in [2.45, 2.75) is 46.2 Å². The molecule has 1 aromatic carbocycles. The maximum absolute atomic E-state index is 13.3. The highest BCUT2D eigenvalue weighted by Gasteiger charge is 2.27. The summed E-state index contributed by atoms with van der Waals surface area (Å²) in [4.78, 5) is 2.18. The standard InChI is InChI=1S/C17H25ClFNO/c1-11(2)8-20-9-14-5-13(12(3)4)6-16(18)17(14)21-10-15(20)7-19/h5-6,11-12,15H,7-10H2,1-4H3. The van der Waals surface area contributed by atoms with Crippen LogP contribution in [0.2, 0.25) is 5.02 Å². The average Bonchev–Trinajstić information content (AvgIpc) is 2.57. The van der Waals surface area contributed by atoms with E-state index in [4.69, 9.17) is 16.3 Å². The molecule has 0 radical (unpaired) electrons. The van der Waals surface area contributed by atoms with Gasteiger partial charge in [-0.3, -0.25) is 4.90 Å². The Morgan fingerprint density at radius 1 is 1.33 bits per heavy atom. The molecular weight excluding hydrogens is 289 g/mol. The lowest BCUT2D eigenvalue weighted by atomic mass is 9.99. The molecule has 0 spiro atoms. The number of rotatable bonds is 4. The minimum Gasteiger partial charge on any atom is -0.490 e. The number of nitrogens with zero attached hydrogens (tertiary/aromatic N) is 1. The number of benzene rings is 1. The van der Waals surface area contributed by atoms with Gasteiger partial charge in [-0.25, -0.2) is 4.39 Å². The number of ether oxygens (including phenoxy) is 1. The molecule has 0 saturated heterocycles. The summed E-state index contributed by atoms with van der Waals surface area (Å²) >= 11 is 6.37. The van der Waals surface area contributed by atoms with Gasteiger partial charge in [-0.15, -0.1) is 0 Å². The second-order valence-corrected chi connectivity index (χ2v) is 7.00. The SMILES string of the molecule is CC(C)CN1Cc2cc(C(C)C)cc(Cl)c2OCC1CF. The fourth-order valence-electron chi connectivity index (χ4n) is 2.74. The number of hydrogen-bond acceptors (Lipinski definition) is 2. The van der Waals surface area contributed by atoms with Crippen LogP contribution in [0.15, 0.2) is 12.1 Å². The highest BCUT2D eigenvalue weighted by Crippen LogP contribution is 2.36. The summed E-state index contributed by atoms with van der Waals surface area (Å²) in [5.74, 6) is 1.63. The fourth-order valence-corrected chi connectivity index (χ4v) is 3.05. The Bertz CT molecular complexity index is 490. The van der Waals surface area contributed by atoms with Gasteiger partial charge in [-0.05, 0) is 23.5 Å². The Morgan fingerprint density at radius 2 is 2.05 bits per heavy atom. The van der Waals surface area contributed by atoms with E-state index in [1.807, 2.05) is 6.07 Å². The third-order valence-electron chi connectivity index (χ3n) is 3.90. The number of fused-ring (bicyclic) bond motifs is 1. The first-order valence-corrected chi connectivity index (χ1v) is 8.05. The number of alkyl halides is 1. The molecule has 2 rings (SSSR count). The maximum atomic E-state index is 13.3. The lowest BCUT2D eigenvalue weighted by Gasteiger charge is -2.28. The first-order chi connectivity index (χ1) is 9.92. The lowest BCUT2D eigenvalue weighted by Crippen LogP contribution is -2.41. The monoisotopic (exact) mass is 313 g/mol. The molecule has 0 saturated carbocycles. The van der Waals surface area contributed by atoms with Crippen LogP contribution < -0.4 is 4.74 Å². The van der Waals surface area contributed by atoms with E-state index in [2.05, 4.69) is 38.7 Å². The first kappa shape index (κ1) is 16.6. The molecule has 1 heterocycles. The van der Waals surface area contributed by atoms with Gasteiger partial charge >= 0.3 is 0 Å². The molecule has 118 valence electrons. The zero-order chi connectivity index (χ0) is 15.6. The van der Waals surface area contributed by atoms with Crippen molar-refractivity contribution in [3.63, 3.8) is 0 Å². The Hall–Kier alpha value is -0.800. The molecular formula is C17H25ClFNO. The molecule has 1 aromatic rings. The van der Waals surface area contributed by atoms with Crippen LogP contribution in [0.25, 0.3) is 0 Å². The summed E-state index contributed by atoms with van der Waals surface area (Å²) in [6.07, 6.45) is 0. The van der Waals surface area contributed by atoms with Crippen LogP contribution in [-0.2, 0) is 6.54 Å². The fraction of sp³-hybridized carbons (Fsp3) is 0.647. The molecule has 2 nitrogen and oxygen atoms in total. The van der Waals surface area contributed by atoms with Crippen molar-refractivity contribution in [1.82, 2.24) is 4.90 Å². The molecule has 1 unspecified atom stereocenters. The largest absolute Gasteiger partial charge is 0.490 e. The minimum atomic E-state index is -0.393. The molecule has 21 heavy (non-hydrogen) atoms. The van der Waals surface area contributed by atoms with Crippen molar-refractivity contribution < 1.29 is 9.13 Å². The van der Waals surface area contributed by atoms with E-state index in [0.29, 0.717) is 30.0 Å². The molecule has 0 amide bonds. The summed E-state index contributed by atoms with van der Waals surface area (Å²) in [6.45, 7) is 10.1. The van der Waals surface area contributed by atoms with Crippen LogP contribution in [0.1, 0.15) is 44.7 Å². The van der Waals surface area contributed by atoms with E-state index in [-0.39, 0.29) is 6.04 Å². The topological polar surface area (TPSA) is 12.5 Å². The van der Waals surface area contributed by atoms with Gasteiger partial charge < -0.3 is 4.74 Å². The maximum Gasteiger partial charge on any atom is 0.142 e. The molecule has 0 aromatic heterocycles. The molecule has 1 aliphatic heterocycles. The van der Waals surface area contributed by atoms with Gasteiger partial charge in [-0.2, -0.15) is 0 Å². The van der Waals surface area contributed by atoms with E-state index in [9.17, 15) is 4.39 Å². The Balaban J connectivity index is 2.35. The zero-order valence-corrected chi connectivity index (χ0v) is 14.1. The van der Waals surface area contributed by atoms with Crippen molar-refractivity contribution in [2.75, 3.05) is 19.8 Å². The molecule has 0 N–H and O–H groups in total. The smallest absolute Gasteiger partial charge is 0.142 e. The van der Waals surface area contributed by atoms with E-state index in [1.54, 1.807) is 0 Å². The summed E-state index contributed by atoms with van der Waals surface area (Å²) < 4.78 is 19.2. The molecule has 0 bridgehead atoms. The van der Waals surface area contributed by atoms with Gasteiger partial charge in [0.2, 0.25) is 0 Å². The summed E-state index contributed by atoms with van der Waals surface area (Å²) in [6, 6.07) is 3.92. The van der Waals surface area contributed by atoms with E-state index >= 15 is 0 Å². The lowest BCUT2D eigenvalue weighted by molar-refractivity contribution is 0.110. The Labute approximate surface area is 132 Å². The van der Waals surface area contributed by atoms with Gasteiger partial charge in [-0.1, -0.05) is 45.4 Å². The molecule has 1 atom stereocenters. The molecule has 1 aliphatic rings. The van der Waals surface area contributed by atoms with Gasteiger partial charge in [0.1, 0.15) is 19.0 Å². The first-order valence-electron chi connectivity index (χ1n) is 7.67. The highest BCUT2D eigenvalue weighted by molar-refractivity contribution is 6.32. The van der Waals surface area contributed by atoms with Crippen LogP contribution in [0, 0.1) is 5.92 Å². The second kappa shape index (κ2) is 6.97. The van der Waals surface area contributed by atoms with Crippen LogP contribution >= 0.6 is 11.6 Å². The van der Waals surface area contributed by atoms with Crippen LogP contribution in [0.4, 0.5) is 4.39 Å². The normalized spacial score (nSPS) is 19.5. The van der Waals surface area contributed by atoms with Crippen molar-refractivity contribution in [3.8, 4) is 5.75 Å². The van der Waals surface area contributed by atoms with Crippen LogP contribution in [0.5, 0.6) is 5.75 Å². The Morgan fingerprint density at radius 3 is 2.62 bits per heavy atom. The summed E-state index contributed by atoms with van der Waals surface area (Å²) in [7, 11) is 0. The molecule has 4 heteroatoms. The molecule has 0 aliphatic carbocycles. The van der Waals surface area contributed by atoms with E-state index in [0.717, 1.165) is 17.9 Å². The van der Waals surface area contributed by atoms with E-state index in [1.165, 1.54) is 5.56 Å². The highest BCUT2D eigenvalue weighted by atomic mass is 35.5. The van der Waals surface area contributed by atoms with Gasteiger partial charge in [0.25, 0.3) is 0 Å². The summed E-state index contributed by atoms with van der Waals surface area (Å²) in [5.41, 5.74) is 2.27. The summed E-state index contributed by atoms with van der Waals surface area (Å²) in [5, 5.41) is 0.639. The van der Waals surface area contributed by atoms with Crippen LogP contribution in [0.3, 0.4) is 0 Å². The van der Waals surface area contributed by atoms with Gasteiger partial charge in [0.05, 0.1) is 11.1 Å². The Kier molecular flexibility index (Phi) is 5.50. The predicted octanol–water partition coefficient (Wildman–Crippen LogP) is 4.65. The van der Waals surface area contributed by atoms with Crippen molar-refractivity contribution in [2.24, 2.45) is 5.92 Å². The average molecular weight is 314 g/mol. The van der Waals surface area contributed by atoms with Gasteiger partial charge in [0.15, 0.2) is 0 Å².